The summed E-state index contributed by atoms with van der Waals surface area (Å²) in [6.07, 6.45) is 1.86. The van der Waals surface area contributed by atoms with E-state index in [0.29, 0.717) is 35.9 Å². The van der Waals surface area contributed by atoms with Gasteiger partial charge in [0.15, 0.2) is 0 Å². The quantitative estimate of drug-likeness (QED) is 0.834. The van der Waals surface area contributed by atoms with Gasteiger partial charge in [-0.15, -0.1) is 0 Å². The topological polar surface area (TPSA) is 81.5 Å². The molecule has 1 amide bonds. The van der Waals surface area contributed by atoms with Crippen molar-refractivity contribution < 1.29 is 17.9 Å². The third kappa shape index (κ3) is 3.02. The van der Waals surface area contributed by atoms with Gasteiger partial charge in [0.05, 0.1) is 22.8 Å². The summed E-state index contributed by atoms with van der Waals surface area (Å²) in [4.78, 5) is 17.8. The number of anilines is 1. The normalized spacial score (nSPS) is 17.1. The molecule has 1 aliphatic heterocycles. The first-order valence-electron chi connectivity index (χ1n) is 8.13. The predicted octanol–water partition coefficient (Wildman–Crippen LogP) is 2.12. The van der Waals surface area contributed by atoms with E-state index in [1.807, 2.05) is 13.8 Å². The van der Waals surface area contributed by atoms with Crippen molar-refractivity contribution in [2.75, 3.05) is 11.4 Å². The Balaban J connectivity index is 2.13. The maximum absolute atomic E-state index is 13.0. The van der Waals surface area contributed by atoms with Crippen molar-refractivity contribution in [3.05, 3.63) is 35.9 Å². The van der Waals surface area contributed by atoms with E-state index in [0.717, 1.165) is 0 Å². The van der Waals surface area contributed by atoms with Gasteiger partial charge in [0.25, 0.3) is 10.0 Å². The van der Waals surface area contributed by atoms with E-state index in [-0.39, 0.29) is 16.9 Å². The summed E-state index contributed by atoms with van der Waals surface area (Å²) in [6, 6.07) is 4.59. The van der Waals surface area contributed by atoms with Crippen LogP contribution in [0.4, 0.5) is 5.69 Å². The Morgan fingerprint density at radius 2 is 2.12 bits per heavy atom. The first-order chi connectivity index (χ1) is 11.7. The van der Waals surface area contributed by atoms with Gasteiger partial charge in [-0.2, -0.15) is 0 Å². The fraction of sp³-hybridized carbons (Fsp3) is 0.412. The molecule has 1 aliphatic rings. The van der Waals surface area contributed by atoms with Gasteiger partial charge >= 0.3 is 0 Å². The van der Waals surface area contributed by atoms with E-state index >= 15 is 0 Å². The molecule has 25 heavy (non-hydrogen) atoms. The summed E-state index contributed by atoms with van der Waals surface area (Å²) in [5.41, 5.74) is 1.11. The fourth-order valence-electron chi connectivity index (χ4n) is 2.96. The van der Waals surface area contributed by atoms with Crippen LogP contribution in [0.3, 0.4) is 0 Å². The van der Waals surface area contributed by atoms with E-state index in [9.17, 15) is 13.2 Å². The summed E-state index contributed by atoms with van der Waals surface area (Å²) in [5, 5.41) is 0. The van der Waals surface area contributed by atoms with Crippen molar-refractivity contribution >= 4 is 21.6 Å². The van der Waals surface area contributed by atoms with Crippen molar-refractivity contribution in [1.29, 1.82) is 0 Å². The van der Waals surface area contributed by atoms with Crippen molar-refractivity contribution in [2.24, 2.45) is 0 Å². The summed E-state index contributed by atoms with van der Waals surface area (Å²) >= 11 is 0. The van der Waals surface area contributed by atoms with Crippen molar-refractivity contribution in [3.63, 3.8) is 0 Å². The zero-order valence-corrected chi connectivity index (χ0v) is 15.5. The number of amides is 1. The van der Waals surface area contributed by atoms with Crippen molar-refractivity contribution in [1.82, 2.24) is 8.96 Å². The number of benzene rings is 1. The Kier molecular flexibility index (Phi) is 4.32. The average molecular weight is 363 g/mol. The molecule has 0 radical (unpaired) electrons. The molecule has 2 aromatic rings. The van der Waals surface area contributed by atoms with E-state index in [1.54, 1.807) is 17.9 Å². The van der Waals surface area contributed by atoms with Crippen LogP contribution in [0.2, 0.25) is 0 Å². The standard InChI is InChI=1S/C17H21N3O4S/c1-5-17-18-11(2)9-20(17)25(22,23)14-6-7-16-15(8-14)19(13(4)21)10-12(3)24-16/h6-9,12H,5,10H2,1-4H3/t12-/m0/s1. The number of hydrogen-bond donors (Lipinski definition) is 0. The second-order valence-corrected chi connectivity index (χ2v) is 7.96. The van der Waals surface area contributed by atoms with Gasteiger partial charge in [-0.1, -0.05) is 6.92 Å². The highest BCUT2D eigenvalue weighted by Crippen LogP contribution is 2.36. The molecule has 134 valence electrons. The maximum Gasteiger partial charge on any atom is 0.269 e. The monoisotopic (exact) mass is 363 g/mol. The number of imidazole rings is 1. The minimum atomic E-state index is -3.80. The minimum absolute atomic E-state index is 0.0998. The maximum atomic E-state index is 13.0. The van der Waals surface area contributed by atoms with Gasteiger partial charge < -0.3 is 9.64 Å². The Bertz CT molecular complexity index is 933. The van der Waals surface area contributed by atoms with E-state index in [1.165, 1.54) is 29.2 Å². The van der Waals surface area contributed by atoms with Crippen LogP contribution in [0.5, 0.6) is 5.75 Å². The molecule has 0 aliphatic carbocycles. The van der Waals surface area contributed by atoms with E-state index in [2.05, 4.69) is 4.98 Å². The molecule has 0 N–H and O–H groups in total. The zero-order chi connectivity index (χ0) is 18.4. The molecule has 2 heterocycles. The van der Waals surface area contributed by atoms with Crippen molar-refractivity contribution in [3.8, 4) is 5.75 Å². The van der Waals surface area contributed by atoms with Gasteiger partial charge in [-0.25, -0.2) is 17.4 Å². The summed E-state index contributed by atoms with van der Waals surface area (Å²) < 4.78 is 33.0. The number of aryl methyl sites for hydroxylation is 2. The fourth-order valence-corrected chi connectivity index (χ4v) is 4.42. The lowest BCUT2D eigenvalue weighted by atomic mass is 10.2. The molecule has 8 heteroatoms. The van der Waals surface area contributed by atoms with Gasteiger partial charge in [-0.05, 0) is 32.0 Å². The van der Waals surface area contributed by atoms with E-state index in [4.69, 9.17) is 4.74 Å². The Hall–Kier alpha value is -2.35. The van der Waals surface area contributed by atoms with Crippen LogP contribution in [0.15, 0.2) is 29.3 Å². The van der Waals surface area contributed by atoms with Crippen LogP contribution in [0.1, 0.15) is 32.3 Å². The lowest BCUT2D eigenvalue weighted by Gasteiger charge is -2.33. The van der Waals surface area contributed by atoms with Crippen LogP contribution in [-0.2, 0) is 21.2 Å². The Labute approximate surface area is 147 Å². The molecule has 1 aromatic carbocycles. The largest absolute Gasteiger partial charge is 0.487 e. The first-order valence-corrected chi connectivity index (χ1v) is 9.57. The number of ether oxygens (including phenoxy) is 1. The zero-order valence-electron chi connectivity index (χ0n) is 14.7. The lowest BCUT2D eigenvalue weighted by Crippen LogP contribution is -2.41. The molecule has 3 rings (SSSR count). The SMILES string of the molecule is CCc1nc(C)cn1S(=O)(=O)c1ccc2c(c1)N(C(C)=O)C[C@H](C)O2. The molecule has 0 unspecified atom stereocenters. The number of fused-ring (bicyclic) bond motifs is 1. The van der Waals surface area contributed by atoms with Crippen LogP contribution < -0.4 is 9.64 Å². The van der Waals surface area contributed by atoms with Gasteiger partial charge in [0, 0.05) is 19.5 Å². The number of hydrogen-bond acceptors (Lipinski definition) is 5. The number of carbonyl (C=O) groups is 1. The molecule has 0 spiro atoms. The average Bonchev–Trinajstić information content (AvgIpc) is 2.95. The lowest BCUT2D eigenvalue weighted by molar-refractivity contribution is -0.117. The third-order valence-corrected chi connectivity index (χ3v) is 5.79. The number of rotatable bonds is 3. The van der Waals surface area contributed by atoms with E-state index < -0.39 is 10.0 Å². The molecule has 0 saturated carbocycles. The molecule has 7 nitrogen and oxygen atoms in total. The molecule has 1 aromatic heterocycles. The van der Waals surface area contributed by atoms with Crippen molar-refractivity contribution in [2.45, 2.75) is 45.1 Å². The van der Waals surface area contributed by atoms with Gasteiger partial charge in [-0.3, -0.25) is 4.79 Å². The second kappa shape index (κ2) is 6.18. The Morgan fingerprint density at radius 1 is 1.40 bits per heavy atom. The van der Waals surface area contributed by atoms with Crippen LogP contribution in [0, 0.1) is 6.92 Å². The number of nitrogens with zero attached hydrogens (tertiary/aromatic N) is 3. The molecule has 0 fully saturated rings. The van der Waals surface area contributed by atoms with Crippen LogP contribution in [0.25, 0.3) is 0 Å². The third-order valence-electron chi connectivity index (χ3n) is 4.11. The molecule has 0 bridgehead atoms. The molecule has 0 saturated heterocycles. The number of carbonyl (C=O) groups excluding carboxylic acids is 1. The predicted molar refractivity (Wildman–Crippen MR) is 93.5 cm³/mol. The highest BCUT2D eigenvalue weighted by molar-refractivity contribution is 7.90. The summed E-state index contributed by atoms with van der Waals surface area (Å²) in [7, 11) is -3.80. The highest BCUT2D eigenvalue weighted by Gasteiger charge is 2.29. The minimum Gasteiger partial charge on any atom is -0.487 e. The number of aromatic nitrogens is 2. The highest BCUT2D eigenvalue weighted by atomic mass is 32.2. The second-order valence-electron chi connectivity index (χ2n) is 6.14. The van der Waals surface area contributed by atoms with Gasteiger partial charge in [0.1, 0.15) is 17.7 Å². The molecular weight excluding hydrogens is 342 g/mol. The smallest absolute Gasteiger partial charge is 0.269 e. The Morgan fingerprint density at radius 3 is 2.76 bits per heavy atom. The van der Waals surface area contributed by atoms with Crippen LogP contribution in [-0.4, -0.2) is 35.9 Å². The first kappa shape index (κ1) is 17.5. The van der Waals surface area contributed by atoms with Crippen LogP contribution >= 0.6 is 0 Å². The summed E-state index contributed by atoms with van der Waals surface area (Å²) in [6.45, 7) is 7.32. The molecular formula is C17H21N3O4S. The van der Waals surface area contributed by atoms with Gasteiger partial charge in [0.2, 0.25) is 5.91 Å². The molecule has 1 atom stereocenters. The summed E-state index contributed by atoms with van der Waals surface area (Å²) in [5.74, 6) is 0.826.